The molecule has 6 heteroatoms. The molecule has 1 fully saturated rings. The Hall–Kier alpha value is -2.24. The summed E-state index contributed by atoms with van der Waals surface area (Å²) in [6.07, 6.45) is 2.95. The van der Waals surface area contributed by atoms with E-state index in [1.54, 1.807) is 26.4 Å². The maximum absolute atomic E-state index is 12.6. The number of aliphatic carboxylic acids is 1. The summed E-state index contributed by atoms with van der Waals surface area (Å²) in [7, 11) is 3.17. The summed E-state index contributed by atoms with van der Waals surface area (Å²) in [5.74, 6) is 0.896. The fraction of sp³-hybridized carbons (Fsp3) is 0.556. The van der Waals surface area contributed by atoms with Crippen LogP contribution in [0.25, 0.3) is 0 Å². The van der Waals surface area contributed by atoms with Crippen LogP contribution in [0.15, 0.2) is 18.2 Å². The molecule has 0 aromatic heterocycles. The number of carbonyl (C=O) groups is 2. The molecule has 2 rings (SSSR count). The molecule has 1 aromatic carbocycles. The molecule has 0 aliphatic carbocycles. The third kappa shape index (κ3) is 4.88. The van der Waals surface area contributed by atoms with E-state index >= 15 is 0 Å². The van der Waals surface area contributed by atoms with Crippen molar-refractivity contribution in [3.05, 3.63) is 23.8 Å². The minimum atomic E-state index is -0.778. The van der Waals surface area contributed by atoms with Gasteiger partial charge in [-0.2, -0.15) is 0 Å². The molecular weight excluding hydrogens is 310 g/mol. The predicted molar refractivity (Wildman–Crippen MR) is 89.4 cm³/mol. The zero-order chi connectivity index (χ0) is 17.5. The minimum absolute atomic E-state index is 0.0431. The first-order valence-corrected chi connectivity index (χ1v) is 8.24. The lowest BCUT2D eigenvalue weighted by molar-refractivity contribution is -0.137. The number of carboxylic acid groups (broad SMARTS) is 1. The number of methoxy groups -OCH3 is 2. The lowest BCUT2D eigenvalue weighted by atomic mass is 9.93. The van der Waals surface area contributed by atoms with Crippen molar-refractivity contribution in [1.29, 1.82) is 0 Å². The number of hydrogen-bond donors (Lipinski definition) is 1. The molecule has 0 saturated carbocycles. The lowest BCUT2D eigenvalue weighted by Gasteiger charge is -2.33. The van der Waals surface area contributed by atoms with Crippen molar-refractivity contribution >= 4 is 11.9 Å². The number of likely N-dealkylation sites (tertiary alicyclic amines) is 1. The van der Waals surface area contributed by atoms with Crippen LogP contribution in [0.2, 0.25) is 0 Å². The summed E-state index contributed by atoms with van der Waals surface area (Å²) >= 11 is 0. The summed E-state index contributed by atoms with van der Waals surface area (Å²) in [5.41, 5.74) is 0.800. The Balaban J connectivity index is 2.00. The number of ether oxygens (including phenoxy) is 2. The largest absolute Gasteiger partial charge is 0.497 e. The molecule has 1 aromatic rings. The SMILES string of the molecule is COc1ccc(OC)c(CC(=O)N2CCCC(CCC(=O)O)C2)c1. The summed E-state index contributed by atoms with van der Waals surface area (Å²) in [5, 5.41) is 8.81. The van der Waals surface area contributed by atoms with Crippen molar-refractivity contribution in [2.24, 2.45) is 5.92 Å². The number of hydrogen-bond acceptors (Lipinski definition) is 4. The van der Waals surface area contributed by atoms with E-state index in [1.165, 1.54) is 0 Å². The Morgan fingerprint density at radius 2 is 2.08 bits per heavy atom. The van der Waals surface area contributed by atoms with Crippen molar-refractivity contribution in [2.45, 2.75) is 32.1 Å². The smallest absolute Gasteiger partial charge is 0.303 e. The van der Waals surface area contributed by atoms with Gasteiger partial charge >= 0.3 is 5.97 Å². The minimum Gasteiger partial charge on any atom is -0.497 e. The van der Waals surface area contributed by atoms with E-state index < -0.39 is 5.97 Å². The van der Waals surface area contributed by atoms with Crippen LogP contribution in [0.1, 0.15) is 31.2 Å². The Morgan fingerprint density at radius 1 is 1.29 bits per heavy atom. The molecule has 1 amide bonds. The van der Waals surface area contributed by atoms with Crippen LogP contribution in [0.4, 0.5) is 0 Å². The number of benzene rings is 1. The predicted octanol–water partition coefficient (Wildman–Crippen LogP) is 2.35. The van der Waals surface area contributed by atoms with Crippen molar-refractivity contribution in [3.8, 4) is 11.5 Å². The third-order valence-electron chi connectivity index (χ3n) is 4.47. The first kappa shape index (κ1) is 18.1. The summed E-state index contributed by atoms with van der Waals surface area (Å²) < 4.78 is 10.5. The summed E-state index contributed by atoms with van der Waals surface area (Å²) in [4.78, 5) is 25.2. The van der Waals surface area contributed by atoms with E-state index in [-0.39, 0.29) is 24.7 Å². The van der Waals surface area contributed by atoms with Crippen molar-refractivity contribution in [2.75, 3.05) is 27.3 Å². The molecule has 1 unspecified atom stereocenters. The highest BCUT2D eigenvalue weighted by atomic mass is 16.5. The van der Waals surface area contributed by atoms with E-state index in [2.05, 4.69) is 0 Å². The average molecular weight is 335 g/mol. The second-order valence-electron chi connectivity index (χ2n) is 6.13. The molecule has 1 aliphatic rings. The zero-order valence-electron chi connectivity index (χ0n) is 14.3. The molecule has 1 aliphatic heterocycles. The summed E-state index contributed by atoms with van der Waals surface area (Å²) in [6.45, 7) is 1.37. The van der Waals surface area contributed by atoms with Crippen LogP contribution < -0.4 is 9.47 Å². The van der Waals surface area contributed by atoms with Crippen LogP contribution in [0, 0.1) is 5.92 Å². The summed E-state index contributed by atoms with van der Waals surface area (Å²) in [6, 6.07) is 5.42. The van der Waals surface area contributed by atoms with Crippen molar-refractivity contribution < 1.29 is 24.2 Å². The molecule has 1 N–H and O–H groups in total. The molecule has 1 heterocycles. The second-order valence-corrected chi connectivity index (χ2v) is 6.13. The Bertz CT molecular complexity index is 587. The number of nitrogens with zero attached hydrogens (tertiary/aromatic N) is 1. The zero-order valence-corrected chi connectivity index (χ0v) is 14.3. The van der Waals surface area contributed by atoms with Crippen LogP contribution >= 0.6 is 0 Å². The van der Waals surface area contributed by atoms with Crippen LogP contribution in [0.5, 0.6) is 11.5 Å². The molecule has 0 bridgehead atoms. The van der Waals surface area contributed by atoms with Gasteiger partial charge in [-0.15, -0.1) is 0 Å². The standard InChI is InChI=1S/C18H25NO5/c1-23-15-6-7-16(24-2)14(10-15)11-17(20)19-9-3-4-13(12-19)5-8-18(21)22/h6-7,10,13H,3-5,8-9,11-12H2,1-2H3,(H,21,22). The van der Waals surface area contributed by atoms with Crippen molar-refractivity contribution in [3.63, 3.8) is 0 Å². The first-order valence-electron chi connectivity index (χ1n) is 8.24. The van der Waals surface area contributed by atoms with E-state index in [9.17, 15) is 9.59 Å². The average Bonchev–Trinajstić information content (AvgIpc) is 2.60. The highest BCUT2D eigenvalue weighted by Gasteiger charge is 2.24. The first-order chi connectivity index (χ1) is 11.5. The number of carboxylic acids is 1. The van der Waals surface area contributed by atoms with Crippen LogP contribution in [-0.4, -0.2) is 49.2 Å². The molecule has 0 spiro atoms. The van der Waals surface area contributed by atoms with E-state index in [4.69, 9.17) is 14.6 Å². The van der Waals surface area contributed by atoms with Gasteiger partial charge in [0.25, 0.3) is 0 Å². The van der Waals surface area contributed by atoms with Crippen LogP contribution in [0.3, 0.4) is 0 Å². The molecule has 1 atom stereocenters. The van der Waals surface area contributed by atoms with Gasteiger partial charge < -0.3 is 19.5 Å². The normalized spacial score (nSPS) is 17.4. The fourth-order valence-electron chi connectivity index (χ4n) is 3.15. The van der Waals surface area contributed by atoms with Gasteiger partial charge in [0.15, 0.2) is 0 Å². The topological polar surface area (TPSA) is 76.1 Å². The second kappa shape index (κ2) is 8.57. The maximum atomic E-state index is 12.6. The molecular formula is C18H25NO5. The Labute approximate surface area is 142 Å². The number of piperidine rings is 1. The number of rotatable bonds is 7. The van der Waals surface area contributed by atoms with Crippen LogP contribution in [-0.2, 0) is 16.0 Å². The Morgan fingerprint density at radius 3 is 2.75 bits per heavy atom. The maximum Gasteiger partial charge on any atom is 0.303 e. The lowest BCUT2D eigenvalue weighted by Crippen LogP contribution is -2.40. The van der Waals surface area contributed by atoms with Gasteiger partial charge in [0.05, 0.1) is 20.6 Å². The van der Waals surface area contributed by atoms with Gasteiger partial charge in [-0.1, -0.05) is 0 Å². The van der Waals surface area contributed by atoms with Gasteiger partial charge in [0.2, 0.25) is 5.91 Å². The fourth-order valence-corrected chi connectivity index (χ4v) is 3.15. The molecule has 132 valence electrons. The molecule has 24 heavy (non-hydrogen) atoms. The highest BCUT2D eigenvalue weighted by Crippen LogP contribution is 2.26. The van der Waals surface area contributed by atoms with E-state index in [0.29, 0.717) is 24.5 Å². The molecule has 0 radical (unpaired) electrons. The quantitative estimate of drug-likeness (QED) is 0.828. The van der Waals surface area contributed by atoms with Gasteiger partial charge in [0, 0.05) is 25.1 Å². The van der Waals surface area contributed by atoms with Gasteiger partial charge in [-0.05, 0) is 43.4 Å². The van der Waals surface area contributed by atoms with Gasteiger partial charge in [-0.3, -0.25) is 9.59 Å². The highest BCUT2D eigenvalue weighted by molar-refractivity contribution is 5.79. The van der Waals surface area contributed by atoms with Gasteiger partial charge in [0.1, 0.15) is 11.5 Å². The third-order valence-corrected chi connectivity index (χ3v) is 4.47. The Kier molecular flexibility index (Phi) is 6.46. The monoisotopic (exact) mass is 335 g/mol. The number of carbonyl (C=O) groups excluding carboxylic acids is 1. The van der Waals surface area contributed by atoms with E-state index in [0.717, 1.165) is 24.9 Å². The molecule has 1 saturated heterocycles. The van der Waals surface area contributed by atoms with Crippen molar-refractivity contribution in [1.82, 2.24) is 4.90 Å². The van der Waals surface area contributed by atoms with Gasteiger partial charge in [-0.25, -0.2) is 0 Å². The number of amides is 1. The molecule has 6 nitrogen and oxygen atoms in total. The van der Waals surface area contributed by atoms with E-state index in [1.807, 2.05) is 11.0 Å².